The number of pyridine rings is 1. The van der Waals surface area contributed by atoms with Crippen molar-refractivity contribution in [1.82, 2.24) is 15.0 Å². The number of esters is 1. The minimum atomic E-state index is -4.64. The van der Waals surface area contributed by atoms with E-state index >= 15 is 0 Å². The molecule has 0 aliphatic heterocycles. The van der Waals surface area contributed by atoms with Crippen LogP contribution < -0.4 is 0 Å². The zero-order valence-electron chi connectivity index (χ0n) is 8.50. The third kappa shape index (κ3) is 1.93. The molecule has 0 fully saturated rings. The fraction of sp³-hybridized carbons (Fsp3) is 0.222. The molecule has 17 heavy (non-hydrogen) atoms. The Morgan fingerprint density at radius 2 is 2.18 bits per heavy atom. The molecule has 0 amide bonds. The van der Waals surface area contributed by atoms with E-state index in [1.165, 1.54) is 0 Å². The van der Waals surface area contributed by atoms with Gasteiger partial charge in [-0.05, 0) is 6.07 Å². The molecular weight excluding hydrogens is 239 g/mol. The molecule has 2 rings (SSSR count). The number of imidazole rings is 1. The molecule has 0 bridgehead atoms. The number of halogens is 3. The van der Waals surface area contributed by atoms with E-state index in [2.05, 4.69) is 19.7 Å². The molecule has 0 unspecified atom stereocenters. The molecule has 8 heteroatoms. The van der Waals surface area contributed by atoms with Gasteiger partial charge in [-0.3, -0.25) is 0 Å². The molecule has 0 atom stereocenters. The van der Waals surface area contributed by atoms with Gasteiger partial charge in [-0.15, -0.1) is 0 Å². The Morgan fingerprint density at radius 1 is 1.47 bits per heavy atom. The van der Waals surface area contributed by atoms with Crippen LogP contribution in [0.1, 0.15) is 16.1 Å². The van der Waals surface area contributed by atoms with Crippen LogP contribution in [0.3, 0.4) is 0 Å². The van der Waals surface area contributed by atoms with Crippen molar-refractivity contribution in [3.05, 3.63) is 23.7 Å². The summed E-state index contributed by atoms with van der Waals surface area (Å²) >= 11 is 0. The molecule has 2 aromatic rings. The maximum absolute atomic E-state index is 12.5. The summed E-state index contributed by atoms with van der Waals surface area (Å²) in [6.45, 7) is 0. The summed E-state index contributed by atoms with van der Waals surface area (Å²) in [6, 6.07) is 0.631. The average Bonchev–Trinajstić information content (AvgIpc) is 2.73. The topological polar surface area (TPSA) is 67.9 Å². The minimum absolute atomic E-state index is 0.116. The van der Waals surface area contributed by atoms with Gasteiger partial charge in [0.2, 0.25) is 0 Å². The van der Waals surface area contributed by atoms with Crippen LogP contribution >= 0.6 is 0 Å². The highest BCUT2D eigenvalue weighted by Gasteiger charge is 2.34. The van der Waals surface area contributed by atoms with E-state index in [4.69, 9.17) is 0 Å². The predicted octanol–water partition coefficient (Wildman–Crippen LogP) is 1.76. The molecule has 0 radical (unpaired) electrons. The largest absolute Gasteiger partial charge is 0.465 e. The number of aromatic amines is 1. The second-order valence-corrected chi connectivity index (χ2v) is 3.15. The lowest BCUT2D eigenvalue weighted by Gasteiger charge is -2.07. The third-order valence-electron chi connectivity index (χ3n) is 2.09. The summed E-state index contributed by atoms with van der Waals surface area (Å²) in [5.41, 5.74) is -1.50. The zero-order chi connectivity index (χ0) is 12.6. The molecule has 0 saturated heterocycles. The van der Waals surface area contributed by atoms with Gasteiger partial charge in [-0.1, -0.05) is 0 Å². The number of hydrogen-bond donors (Lipinski definition) is 1. The summed E-state index contributed by atoms with van der Waals surface area (Å²) < 4.78 is 41.9. The van der Waals surface area contributed by atoms with Gasteiger partial charge < -0.3 is 9.72 Å². The highest BCUT2D eigenvalue weighted by Crippen LogP contribution is 2.30. The van der Waals surface area contributed by atoms with E-state index in [0.717, 1.165) is 13.4 Å². The van der Waals surface area contributed by atoms with Gasteiger partial charge in [-0.25, -0.2) is 14.8 Å². The SMILES string of the molecule is COC(=O)c1cc(C(F)(F)F)nc2nc[nH]c12. The van der Waals surface area contributed by atoms with Gasteiger partial charge in [0.1, 0.15) is 5.69 Å². The quantitative estimate of drug-likeness (QED) is 0.777. The van der Waals surface area contributed by atoms with Crippen LogP contribution in [-0.2, 0) is 10.9 Å². The fourth-order valence-corrected chi connectivity index (χ4v) is 1.34. The normalized spacial score (nSPS) is 11.8. The monoisotopic (exact) mass is 245 g/mol. The average molecular weight is 245 g/mol. The lowest BCUT2D eigenvalue weighted by molar-refractivity contribution is -0.141. The van der Waals surface area contributed by atoms with Crippen LogP contribution in [0, 0.1) is 0 Å². The lowest BCUT2D eigenvalue weighted by atomic mass is 10.2. The Bertz CT molecular complexity index is 576. The number of hydrogen-bond acceptors (Lipinski definition) is 4. The first-order valence-electron chi connectivity index (χ1n) is 4.43. The van der Waals surface area contributed by atoms with Crippen molar-refractivity contribution >= 4 is 17.1 Å². The van der Waals surface area contributed by atoms with Gasteiger partial charge in [0.15, 0.2) is 5.65 Å². The van der Waals surface area contributed by atoms with Gasteiger partial charge in [0.05, 0.1) is 24.5 Å². The first-order valence-corrected chi connectivity index (χ1v) is 4.43. The molecule has 0 aliphatic carbocycles. The minimum Gasteiger partial charge on any atom is -0.465 e. The highest BCUT2D eigenvalue weighted by molar-refractivity contribution is 6.00. The first kappa shape index (κ1) is 11.4. The van der Waals surface area contributed by atoms with E-state index in [9.17, 15) is 18.0 Å². The number of fused-ring (bicyclic) bond motifs is 1. The number of carbonyl (C=O) groups is 1. The van der Waals surface area contributed by atoms with Gasteiger partial charge in [0.25, 0.3) is 0 Å². The molecule has 0 aromatic carbocycles. The maximum atomic E-state index is 12.5. The van der Waals surface area contributed by atoms with Crippen molar-refractivity contribution in [3.8, 4) is 0 Å². The van der Waals surface area contributed by atoms with E-state index in [0.29, 0.717) is 6.07 Å². The number of alkyl halides is 3. The molecule has 1 N–H and O–H groups in total. The van der Waals surface area contributed by atoms with Gasteiger partial charge in [-0.2, -0.15) is 13.2 Å². The summed E-state index contributed by atoms with van der Waals surface area (Å²) in [5.74, 6) is -0.882. The molecular formula is C9H6F3N3O2. The Labute approximate surface area is 92.6 Å². The van der Waals surface area contributed by atoms with Crippen molar-refractivity contribution in [3.63, 3.8) is 0 Å². The Morgan fingerprint density at radius 3 is 2.76 bits per heavy atom. The predicted molar refractivity (Wildman–Crippen MR) is 50.2 cm³/mol. The van der Waals surface area contributed by atoms with E-state index in [-0.39, 0.29) is 16.7 Å². The number of carbonyl (C=O) groups excluding carboxylic acids is 1. The van der Waals surface area contributed by atoms with Crippen molar-refractivity contribution in [2.45, 2.75) is 6.18 Å². The first-order chi connectivity index (χ1) is 7.93. The van der Waals surface area contributed by atoms with Crippen molar-refractivity contribution in [2.24, 2.45) is 0 Å². The van der Waals surface area contributed by atoms with Crippen LogP contribution in [0.2, 0.25) is 0 Å². The maximum Gasteiger partial charge on any atom is 0.433 e. The zero-order valence-corrected chi connectivity index (χ0v) is 8.50. The fourth-order valence-electron chi connectivity index (χ4n) is 1.34. The number of ether oxygens (including phenoxy) is 1. The van der Waals surface area contributed by atoms with Crippen LogP contribution in [0.5, 0.6) is 0 Å². The number of nitrogens with zero attached hydrogens (tertiary/aromatic N) is 2. The molecule has 0 spiro atoms. The number of nitrogens with one attached hydrogen (secondary N) is 1. The molecule has 0 aliphatic rings. The Balaban J connectivity index is 2.71. The third-order valence-corrected chi connectivity index (χ3v) is 2.09. The number of rotatable bonds is 1. The molecule has 2 heterocycles. The number of methoxy groups -OCH3 is 1. The summed E-state index contributed by atoms with van der Waals surface area (Å²) in [7, 11) is 1.08. The van der Waals surface area contributed by atoms with E-state index in [1.807, 2.05) is 0 Å². The summed E-state index contributed by atoms with van der Waals surface area (Å²) in [4.78, 5) is 20.8. The molecule has 90 valence electrons. The van der Waals surface area contributed by atoms with E-state index < -0.39 is 17.8 Å². The Kier molecular flexibility index (Phi) is 2.49. The summed E-state index contributed by atoms with van der Waals surface area (Å²) in [6.07, 6.45) is -3.49. The van der Waals surface area contributed by atoms with E-state index in [1.54, 1.807) is 0 Å². The lowest BCUT2D eigenvalue weighted by Crippen LogP contribution is -2.11. The van der Waals surface area contributed by atoms with Crippen LogP contribution in [0.15, 0.2) is 12.4 Å². The van der Waals surface area contributed by atoms with Gasteiger partial charge >= 0.3 is 12.1 Å². The Hall–Kier alpha value is -2.12. The number of H-pyrrole nitrogens is 1. The van der Waals surface area contributed by atoms with Crippen LogP contribution in [0.25, 0.3) is 11.2 Å². The molecule has 2 aromatic heterocycles. The van der Waals surface area contributed by atoms with Crippen molar-refractivity contribution in [1.29, 1.82) is 0 Å². The second-order valence-electron chi connectivity index (χ2n) is 3.15. The smallest absolute Gasteiger partial charge is 0.433 e. The van der Waals surface area contributed by atoms with Crippen LogP contribution in [-0.4, -0.2) is 28.0 Å². The van der Waals surface area contributed by atoms with Gasteiger partial charge in [0, 0.05) is 0 Å². The second kappa shape index (κ2) is 3.72. The van der Waals surface area contributed by atoms with Crippen molar-refractivity contribution in [2.75, 3.05) is 7.11 Å². The highest BCUT2D eigenvalue weighted by atomic mass is 19.4. The summed E-state index contributed by atoms with van der Waals surface area (Å²) in [5, 5.41) is 0. The standard InChI is InChI=1S/C9H6F3N3O2/c1-17-8(16)4-2-5(9(10,11)12)15-7-6(4)13-3-14-7/h2-3H,1H3,(H,13,14,15). The molecule has 0 saturated carbocycles. The molecule has 5 nitrogen and oxygen atoms in total. The van der Waals surface area contributed by atoms with Crippen LogP contribution in [0.4, 0.5) is 13.2 Å². The number of aromatic nitrogens is 3. The van der Waals surface area contributed by atoms with Crippen molar-refractivity contribution < 1.29 is 22.7 Å².